The SMILES string of the molecule is c1ccc(-c2ccc(N(c3ccc4c5ccccc5n(-c5ccccc5)c4c3)c3ccccc3-c3ccc4c5ccccc5n(-c5ccccc5)c4c3)cc2)cc1.c1ccc(-n2c3ccccc3c3ccc(-c4ccccc4N(c4ccc5c6ccccc6n(-c6ccccc6)c5c4)c4ccc5c6ccccc6n(-c6ccccc6)c5c4)cc32)cc1. The molecule has 24 aromatic rings. The van der Waals surface area contributed by atoms with E-state index in [1.54, 1.807) is 0 Å². The van der Waals surface area contributed by atoms with Gasteiger partial charge in [-0.2, -0.15) is 0 Å². The fourth-order valence-corrected chi connectivity index (χ4v) is 19.0. The minimum atomic E-state index is 1.07. The molecule has 0 atom stereocenters. The molecule has 0 saturated heterocycles. The minimum absolute atomic E-state index is 1.07. The monoisotopic (exact) mass is 1540 g/mol. The van der Waals surface area contributed by atoms with Gasteiger partial charge in [0.15, 0.2) is 0 Å². The predicted molar refractivity (Wildman–Crippen MR) is 510 cm³/mol. The zero-order valence-corrected chi connectivity index (χ0v) is 66.1. The Morgan fingerprint density at radius 3 is 0.645 bits per heavy atom. The Morgan fingerprint density at radius 1 is 0.132 bits per heavy atom. The van der Waals surface area contributed by atoms with Gasteiger partial charge in [0.25, 0.3) is 0 Å². The molecule has 0 bridgehead atoms. The van der Waals surface area contributed by atoms with Crippen LogP contribution in [0.2, 0.25) is 0 Å². The molecule has 568 valence electrons. The van der Waals surface area contributed by atoms with Gasteiger partial charge in [0.05, 0.1) is 66.5 Å². The number of fused-ring (bicyclic) bond motifs is 15. The molecule has 0 spiro atoms. The maximum absolute atomic E-state index is 2.46. The Hall–Kier alpha value is -16.2. The lowest BCUT2D eigenvalue weighted by Gasteiger charge is -2.28. The van der Waals surface area contributed by atoms with Crippen molar-refractivity contribution < 1.29 is 0 Å². The van der Waals surface area contributed by atoms with Gasteiger partial charge >= 0.3 is 0 Å². The van der Waals surface area contributed by atoms with Crippen LogP contribution in [0.4, 0.5) is 34.1 Å². The van der Waals surface area contributed by atoms with Gasteiger partial charge < -0.3 is 32.6 Å². The Balaban J connectivity index is 0.000000142. The number of hydrogen-bond acceptors (Lipinski definition) is 2. The van der Waals surface area contributed by atoms with Crippen molar-refractivity contribution in [2.75, 3.05) is 9.80 Å². The molecule has 7 nitrogen and oxygen atoms in total. The average molecular weight is 1540 g/mol. The van der Waals surface area contributed by atoms with Crippen molar-refractivity contribution in [3.05, 3.63) is 467 Å². The van der Waals surface area contributed by atoms with Gasteiger partial charge in [-0.3, -0.25) is 0 Å². The molecule has 5 aromatic heterocycles. The molecule has 5 heterocycles. The lowest BCUT2D eigenvalue weighted by Crippen LogP contribution is -2.11. The summed E-state index contributed by atoms with van der Waals surface area (Å²) in [5.41, 5.74) is 31.0. The molecule has 19 aromatic carbocycles. The van der Waals surface area contributed by atoms with E-state index in [2.05, 4.69) is 500 Å². The number of anilines is 6. The molecule has 0 aliphatic heterocycles. The van der Waals surface area contributed by atoms with E-state index in [-0.39, 0.29) is 0 Å². The molecule has 0 aliphatic carbocycles. The van der Waals surface area contributed by atoms with Crippen molar-refractivity contribution >= 4 is 143 Å². The fourth-order valence-electron chi connectivity index (χ4n) is 19.0. The van der Waals surface area contributed by atoms with E-state index in [4.69, 9.17) is 0 Å². The molecule has 7 heteroatoms. The van der Waals surface area contributed by atoms with Gasteiger partial charge in [-0.15, -0.1) is 0 Å². The zero-order valence-electron chi connectivity index (χ0n) is 66.1. The van der Waals surface area contributed by atoms with E-state index < -0.39 is 0 Å². The van der Waals surface area contributed by atoms with E-state index in [0.717, 1.165) is 101 Å². The molecular weight excluding hydrogens is 1470 g/mol. The van der Waals surface area contributed by atoms with Crippen LogP contribution in [0.3, 0.4) is 0 Å². The number of para-hydroxylation sites is 12. The van der Waals surface area contributed by atoms with Crippen LogP contribution in [0.5, 0.6) is 0 Å². The molecular formula is C114H77N7. The van der Waals surface area contributed by atoms with Crippen LogP contribution in [0.15, 0.2) is 467 Å². The van der Waals surface area contributed by atoms with Gasteiger partial charge in [-0.1, -0.05) is 303 Å². The minimum Gasteiger partial charge on any atom is -0.310 e. The molecule has 0 N–H and O–H groups in total. The van der Waals surface area contributed by atoms with E-state index >= 15 is 0 Å². The van der Waals surface area contributed by atoms with Crippen LogP contribution in [0, 0.1) is 0 Å². The van der Waals surface area contributed by atoms with E-state index in [0.29, 0.717) is 0 Å². The first-order valence-electron chi connectivity index (χ1n) is 41.5. The van der Waals surface area contributed by atoms with Crippen molar-refractivity contribution in [2.24, 2.45) is 0 Å². The highest BCUT2D eigenvalue weighted by molar-refractivity contribution is 6.16. The summed E-state index contributed by atoms with van der Waals surface area (Å²) in [7, 11) is 0. The van der Waals surface area contributed by atoms with Gasteiger partial charge in [0, 0.05) is 116 Å². The van der Waals surface area contributed by atoms with Crippen molar-refractivity contribution in [1.82, 2.24) is 22.8 Å². The molecule has 0 amide bonds. The molecule has 0 radical (unpaired) electrons. The van der Waals surface area contributed by atoms with Crippen LogP contribution < -0.4 is 9.80 Å². The van der Waals surface area contributed by atoms with Crippen LogP contribution >= 0.6 is 0 Å². The third-order valence-electron chi connectivity index (χ3n) is 24.3. The maximum atomic E-state index is 2.46. The standard InChI is InChI=1S/C60H40N4.C54H37N3/c1-4-18-42(19-5-1)62-55-29-15-11-25-48(55)51-35-32-41(38-58(51)62)47-24-10-14-28-54(47)61(45-33-36-52-49-26-12-16-30-56(49)63(59(52)39-45)43-20-6-2-7-21-43)46-34-37-53-50-27-13-17-31-57(50)64(60(53)40-46)44-22-8-3-9-23-44;1-4-16-38(17-5-1)39-28-31-43(32-29-39)55(44-33-35-49-47-24-12-15-27-52(47)57(54(49)37-44)42-20-8-3-9-21-42)50-25-13-10-22-45(50)40-30-34-48-46-23-11-14-26-51(46)56(53(48)36-40)41-18-6-2-7-19-41/h1-40H;1-37H. The molecule has 0 saturated carbocycles. The highest BCUT2D eigenvalue weighted by Gasteiger charge is 2.26. The smallest absolute Gasteiger partial charge is 0.0561 e. The molecule has 0 unspecified atom stereocenters. The predicted octanol–water partition coefficient (Wildman–Crippen LogP) is 30.8. The van der Waals surface area contributed by atoms with Crippen LogP contribution in [-0.2, 0) is 0 Å². The summed E-state index contributed by atoms with van der Waals surface area (Å²) in [5, 5.41) is 12.3. The second kappa shape index (κ2) is 29.5. The lowest BCUT2D eigenvalue weighted by atomic mass is 9.99. The Bertz CT molecular complexity index is 7900. The molecule has 121 heavy (non-hydrogen) atoms. The molecule has 0 aliphatic rings. The van der Waals surface area contributed by atoms with Crippen LogP contribution in [-0.4, -0.2) is 22.8 Å². The summed E-state index contributed by atoms with van der Waals surface area (Å²) in [6.07, 6.45) is 0. The van der Waals surface area contributed by atoms with Gasteiger partial charge in [0.1, 0.15) is 0 Å². The third kappa shape index (κ3) is 12.0. The average Bonchev–Trinajstić information content (AvgIpc) is 1.60. The van der Waals surface area contributed by atoms with E-state index in [9.17, 15) is 0 Å². The van der Waals surface area contributed by atoms with Gasteiger partial charge in [-0.05, 0) is 186 Å². The number of rotatable bonds is 14. The van der Waals surface area contributed by atoms with E-state index in [1.165, 1.54) is 104 Å². The lowest BCUT2D eigenvalue weighted by molar-refractivity contribution is 1.17. The number of hydrogen-bond donors (Lipinski definition) is 0. The van der Waals surface area contributed by atoms with Crippen LogP contribution in [0.25, 0.3) is 171 Å². The van der Waals surface area contributed by atoms with Gasteiger partial charge in [0.2, 0.25) is 0 Å². The topological polar surface area (TPSA) is 31.1 Å². The summed E-state index contributed by atoms with van der Waals surface area (Å²) >= 11 is 0. The van der Waals surface area contributed by atoms with Crippen LogP contribution in [0.1, 0.15) is 0 Å². The highest BCUT2D eigenvalue weighted by atomic mass is 15.2. The largest absolute Gasteiger partial charge is 0.310 e. The molecule has 0 fully saturated rings. The first-order chi connectivity index (χ1) is 60.1. The zero-order chi connectivity index (χ0) is 79.9. The Labute approximate surface area is 700 Å². The number of benzene rings is 19. The summed E-state index contributed by atoms with van der Waals surface area (Å²) < 4.78 is 12.0. The summed E-state index contributed by atoms with van der Waals surface area (Å²) in [5.74, 6) is 0. The summed E-state index contributed by atoms with van der Waals surface area (Å²) in [6, 6.07) is 169. The number of aromatic nitrogens is 5. The summed E-state index contributed by atoms with van der Waals surface area (Å²) in [6.45, 7) is 0. The van der Waals surface area contributed by atoms with Crippen molar-refractivity contribution in [3.63, 3.8) is 0 Å². The van der Waals surface area contributed by atoms with Crippen molar-refractivity contribution in [2.45, 2.75) is 0 Å². The fraction of sp³-hybridized carbons (Fsp3) is 0. The van der Waals surface area contributed by atoms with Gasteiger partial charge in [-0.25, -0.2) is 0 Å². The third-order valence-corrected chi connectivity index (χ3v) is 24.3. The Kier molecular flexibility index (Phi) is 17.1. The highest BCUT2D eigenvalue weighted by Crippen LogP contribution is 2.49. The Morgan fingerprint density at radius 2 is 0.339 bits per heavy atom. The second-order valence-corrected chi connectivity index (χ2v) is 31.1. The molecule has 24 rings (SSSR count). The van der Waals surface area contributed by atoms with E-state index in [1.807, 2.05) is 0 Å². The van der Waals surface area contributed by atoms with Crippen molar-refractivity contribution in [1.29, 1.82) is 0 Å². The first-order valence-corrected chi connectivity index (χ1v) is 41.5. The maximum Gasteiger partial charge on any atom is 0.0561 e. The normalized spacial score (nSPS) is 11.6. The quantitative estimate of drug-likeness (QED) is 0.109. The summed E-state index contributed by atoms with van der Waals surface area (Å²) in [4.78, 5) is 4.89. The first kappa shape index (κ1) is 70.2. The van der Waals surface area contributed by atoms with Crippen molar-refractivity contribution in [3.8, 4) is 61.8 Å². The second-order valence-electron chi connectivity index (χ2n) is 31.1. The number of nitrogens with zero attached hydrogens (tertiary/aromatic N) is 7.